The highest BCUT2D eigenvalue weighted by atomic mass is 32.1. The Hall–Kier alpha value is -2.32. The first-order valence-corrected chi connectivity index (χ1v) is 8.81. The molecule has 0 bridgehead atoms. The van der Waals surface area contributed by atoms with Crippen LogP contribution in [0.15, 0.2) is 24.3 Å². The molecular weight excluding hydrogens is 343 g/mol. The Balaban J connectivity index is 1.50. The number of thiazole rings is 1. The molecule has 0 saturated heterocycles. The van der Waals surface area contributed by atoms with E-state index in [1.54, 1.807) is 12.1 Å². The molecule has 2 N–H and O–H groups in total. The summed E-state index contributed by atoms with van der Waals surface area (Å²) in [6, 6.07) is 6.07. The number of nitrogens with zero attached hydrogens (tertiary/aromatic N) is 2. The highest BCUT2D eigenvalue weighted by Crippen LogP contribution is 2.28. The number of halogens is 1. The molecule has 132 valence electrons. The SMILES string of the molecule is CC(=O)Nc1nc2c(s1)CN(CC(=O)NCc1ccc(F)cc1)CC2. The summed E-state index contributed by atoms with van der Waals surface area (Å²) in [6.07, 6.45) is 0.761. The molecule has 2 amide bonds. The van der Waals surface area contributed by atoms with Crippen LogP contribution < -0.4 is 10.6 Å². The van der Waals surface area contributed by atoms with Gasteiger partial charge in [0.2, 0.25) is 11.8 Å². The van der Waals surface area contributed by atoms with Gasteiger partial charge in [-0.3, -0.25) is 14.5 Å². The molecule has 25 heavy (non-hydrogen) atoms. The summed E-state index contributed by atoms with van der Waals surface area (Å²) in [5.41, 5.74) is 1.86. The lowest BCUT2D eigenvalue weighted by molar-refractivity contribution is -0.122. The summed E-state index contributed by atoms with van der Waals surface area (Å²) in [5, 5.41) is 6.16. The van der Waals surface area contributed by atoms with E-state index in [9.17, 15) is 14.0 Å². The zero-order chi connectivity index (χ0) is 17.8. The Morgan fingerprint density at radius 2 is 2.08 bits per heavy atom. The van der Waals surface area contributed by atoms with Gasteiger partial charge in [-0.1, -0.05) is 12.1 Å². The van der Waals surface area contributed by atoms with Crippen molar-refractivity contribution in [1.29, 1.82) is 0 Å². The number of rotatable bonds is 5. The van der Waals surface area contributed by atoms with E-state index in [2.05, 4.69) is 20.5 Å². The molecule has 3 rings (SSSR count). The van der Waals surface area contributed by atoms with E-state index >= 15 is 0 Å². The van der Waals surface area contributed by atoms with Crippen LogP contribution in [0.1, 0.15) is 23.1 Å². The van der Waals surface area contributed by atoms with Gasteiger partial charge in [0.25, 0.3) is 0 Å². The van der Waals surface area contributed by atoms with Gasteiger partial charge >= 0.3 is 0 Å². The number of anilines is 1. The molecule has 0 aliphatic carbocycles. The summed E-state index contributed by atoms with van der Waals surface area (Å²) in [5.74, 6) is -0.495. The maximum absolute atomic E-state index is 12.9. The third-order valence-corrected chi connectivity index (χ3v) is 4.86. The minimum absolute atomic E-state index is 0.0700. The number of amides is 2. The first-order valence-electron chi connectivity index (χ1n) is 7.99. The van der Waals surface area contributed by atoms with Gasteiger partial charge < -0.3 is 10.6 Å². The lowest BCUT2D eigenvalue weighted by Crippen LogP contribution is -2.39. The molecule has 0 atom stereocenters. The van der Waals surface area contributed by atoms with Gasteiger partial charge in [0.1, 0.15) is 5.82 Å². The highest BCUT2D eigenvalue weighted by molar-refractivity contribution is 7.15. The van der Waals surface area contributed by atoms with Crippen LogP contribution in [0.3, 0.4) is 0 Å². The van der Waals surface area contributed by atoms with Crippen LogP contribution in [-0.2, 0) is 29.1 Å². The maximum atomic E-state index is 12.9. The van der Waals surface area contributed by atoms with Gasteiger partial charge in [-0.15, -0.1) is 11.3 Å². The fourth-order valence-electron chi connectivity index (χ4n) is 2.65. The zero-order valence-electron chi connectivity index (χ0n) is 13.8. The minimum atomic E-state index is -0.289. The third kappa shape index (κ3) is 4.83. The van der Waals surface area contributed by atoms with Crippen LogP contribution in [0.5, 0.6) is 0 Å². The van der Waals surface area contributed by atoms with Gasteiger partial charge in [0.15, 0.2) is 5.13 Å². The van der Waals surface area contributed by atoms with Crippen molar-refractivity contribution in [1.82, 2.24) is 15.2 Å². The molecule has 1 aliphatic heterocycles. The van der Waals surface area contributed by atoms with Crippen molar-refractivity contribution in [3.05, 3.63) is 46.2 Å². The fourth-order valence-corrected chi connectivity index (χ4v) is 3.75. The average Bonchev–Trinajstić information content (AvgIpc) is 2.95. The first-order chi connectivity index (χ1) is 12.0. The van der Waals surface area contributed by atoms with Gasteiger partial charge in [0, 0.05) is 37.9 Å². The number of hydrogen-bond donors (Lipinski definition) is 2. The maximum Gasteiger partial charge on any atom is 0.234 e. The van der Waals surface area contributed by atoms with E-state index in [1.165, 1.54) is 30.4 Å². The van der Waals surface area contributed by atoms with Crippen molar-refractivity contribution in [2.24, 2.45) is 0 Å². The van der Waals surface area contributed by atoms with E-state index in [0.717, 1.165) is 29.1 Å². The molecule has 1 aliphatic rings. The van der Waals surface area contributed by atoms with E-state index in [0.29, 0.717) is 24.8 Å². The Bertz CT molecular complexity index is 775. The van der Waals surface area contributed by atoms with E-state index < -0.39 is 0 Å². The lowest BCUT2D eigenvalue weighted by Gasteiger charge is -2.25. The zero-order valence-corrected chi connectivity index (χ0v) is 14.7. The van der Waals surface area contributed by atoms with Crippen LogP contribution in [0.25, 0.3) is 0 Å². The number of fused-ring (bicyclic) bond motifs is 1. The summed E-state index contributed by atoms with van der Waals surface area (Å²) in [7, 11) is 0. The second-order valence-electron chi connectivity index (χ2n) is 5.93. The molecule has 1 aromatic carbocycles. The standard InChI is InChI=1S/C17H19FN4O2S/c1-11(23)20-17-21-14-6-7-22(9-15(14)25-17)10-16(24)19-8-12-2-4-13(18)5-3-12/h2-5H,6-10H2,1H3,(H,19,24)(H,20,21,23). The number of hydrogen-bond acceptors (Lipinski definition) is 5. The Labute approximate surface area is 149 Å². The van der Waals surface area contributed by atoms with Crippen LogP contribution in [0.4, 0.5) is 9.52 Å². The van der Waals surface area contributed by atoms with Crippen LogP contribution in [-0.4, -0.2) is 34.8 Å². The topological polar surface area (TPSA) is 74.3 Å². The molecule has 0 saturated carbocycles. The van der Waals surface area contributed by atoms with E-state index in [4.69, 9.17) is 0 Å². The number of benzene rings is 1. The van der Waals surface area contributed by atoms with Crippen molar-refractivity contribution in [3.8, 4) is 0 Å². The quantitative estimate of drug-likeness (QED) is 0.852. The van der Waals surface area contributed by atoms with Crippen molar-refractivity contribution in [2.75, 3.05) is 18.4 Å². The second kappa shape index (κ2) is 7.71. The van der Waals surface area contributed by atoms with Crippen LogP contribution >= 0.6 is 11.3 Å². The molecule has 0 radical (unpaired) electrons. The van der Waals surface area contributed by atoms with E-state index in [-0.39, 0.29) is 17.6 Å². The number of nitrogens with one attached hydrogen (secondary N) is 2. The van der Waals surface area contributed by atoms with Gasteiger partial charge in [-0.25, -0.2) is 9.37 Å². The first kappa shape index (κ1) is 17.5. The summed E-state index contributed by atoms with van der Waals surface area (Å²) in [6.45, 7) is 3.54. The average molecular weight is 362 g/mol. The summed E-state index contributed by atoms with van der Waals surface area (Å²) < 4.78 is 12.9. The lowest BCUT2D eigenvalue weighted by atomic mass is 10.2. The summed E-state index contributed by atoms with van der Waals surface area (Å²) >= 11 is 1.45. The van der Waals surface area contributed by atoms with Crippen molar-refractivity contribution < 1.29 is 14.0 Å². The predicted octanol–water partition coefficient (Wildman–Crippen LogP) is 1.92. The van der Waals surface area contributed by atoms with Crippen molar-refractivity contribution >= 4 is 28.3 Å². The normalized spacial score (nSPS) is 14.0. The molecule has 6 nitrogen and oxygen atoms in total. The largest absolute Gasteiger partial charge is 0.351 e. The minimum Gasteiger partial charge on any atom is -0.351 e. The fraction of sp³-hybridized carbons (Fsp3) is 0.353. The molecule has 0 spiro atoms. The smallest absolute Gasteiger partial charge is 0.234 e. The molecule has 8 heteroatoms. The van der Waals surface area contributed by atoms with Crippen molar-refractivity contribution in [3.63, 3.8) is 0 Å². The highest BCUT2D eigenvalue weighted by Gasteiger charge is 2.22. The Morgan fingerprint density at radius 1 is 1.32 bits per heavy atom. The van der Waals surface area contributed by atoms with Gasteiger partial charge in [-0.2, -0.15) is 0 Å². The number of carbonyl (C=O) groups excluding carboxylic acids is 2. The molecule has 1 aromatic heterocycles. The third-order valence-electron chi connectivity index (χ3n) is 3.86. The van der Waals surface area contributed by atoms with Crippen LogP contribution in [0.2, 0.25) is 0 Å². The van der Waals surface area contributed by atoms with Crippen molar-refractivity contribution in [2.45, 2.75) is 26.4 Å². The molecule has 2 heterocycles. The van der Waals surface area contributed by atoms with Gasteiger partial charge in [0.05, 0.1) is 12.2 Å². The monoisotopic (exact) mass is 362 g/mol. The van der Waals surface area contributed by atoms with E-state index in [1.807, 2.05) is 0 Å². The predicted molar refractivity (Wildman–Crippen MR) is 93.6 cm³/mol. The number of aromatic nitrogens is 1. The second-order valence-corrected chi connectivity index (χ2v) is 7.02. The molecule has 0 fully saturated rings. The molecule has 0 unspecified atom stereocenters. The summed E-state index contributed by atoms with van der Waals surface area (Å²) in [4.78, 5) is 30.8. The van der Waals surface area contributed by atoms with Crippen LogP contribution in [0, 0.1) is 5.82 Å². The number of carbonyl (C=O) groups is 2. The Kier molecular flexibility index (Phi) is 5.40. The Morgan fingerprint density at radius 3 is 2.80 bits per heavy atom. The molecule has 2 aromatic rings. The molecular formula is C17H19FN4O2S. The van der Waals surface area contributed by atoms with Gasteiger partial charge in [-0.05, 0) is 17.7 Å².